The average Bonchev–Trinajstić information content (AvgIpc) is 3.66. The highest BCUT2D eigenvalue weighted by Crippen LogP contribution is 2.59. The van der Waals surface area contributed by atoms with E-state index in [0.717, 1.165) is 23.3 Å². The summed E-state index contributed by atoms with van der Waals surface area (Å²) in [6, 6.07) is 34.8. The Balaban J connectivity index is 1.30. The van der Waals surface area contributed by atoms with E-state index in [-0.39, 0.29) is 17.2 Å². The molecule has 0 spiro atoms. The fourth-order valence-corrected chi connectivity index (χ4v) is 4.78. The third-order valence-electron chi connectivity index (χ3n) is 6.95. The number of amides is 1. The second-order valence-corrected chi connectivity index (χ2v) is 9.51. The maximum Gasteiger partial charge on any atom is 0.244 e. The molecule has 1 amide bonds. The SMILES string of the molecule is Cc1ccc(C2(c3ccc(C)cc3)C[C@@H]2C(=O)N/N=C\c2ccccc2OCc2ccccc2)cc1. The summed E-state index contributed by atoms with van der Waals surface area (Å²) in [4.78, 5) is 13.2. The molecule has 0 aliphatic heterocycles. The number of para-hydroxylation sites is 1. The van der Waals surface area contributed by atoms with Gasteiger partial charge >= 0.3 is 0 Å². The highest BCUT2D eigenvalue weighted by atomic mass is 16.5. The van der Waals surface area contributed by atoms with E-state index in [1.165, 1.54) is 22.3 Å². The van der Waals surface area contributed by atoms with Crippen LogP contribution in [0.3, 0.4) is 0 Å². The van der Waals surface area contributed by atoms with Gasteiger partial charge in [-0.3, -0.25) is 4.79 Å². The lowest BCUT2D eigenvalue weighted by atomic mass is 9.85. The van der Waals surface area contributed by atoms with E-state index in [1.54, 1.807) is 6.21 Å². The lowest BCUT2D eigenvalue weighted by Crippen LogP contribution is -2.25. The molecular weight excluding hydrogens is 444 g/mol. The van der Waals surface area contributed by atoms with Gasteiger partial charge in [0.15, 0.2) is 0 Å². The second-order valence-electron chi connectivity index (χ2n) is 9.51. The lowest BCUT2D eigenvalue weighted by molar-refractivity contribution is -0.122. The van der Waals surface area contributed by atoms with Gasteiger partial charge in [0.2, 0.25) is 5.91 Å². The first-order chi connectivity index (χ1) is 17.6. The monoisotopic (exact) mass is 474 g/mol. The highest BCUT2D eigenvalue weighted by molar-refractivity contribution is 5.88. The van der Waals surface area contributed by atoms with Crippen LogP contribution in [0.5, 0.6) is 5.75 Å². The molecule has 36 heavy (non-hydrogen) atoms. The first-order valence-electron chi connectivity index (χ1n) is 12.3. The number of nitrogens with one attached hydrogen (secondary N) is 1. The standard InChI is InChI=1S/C32H30N2O2/c1-23-12-16-27(17-13-23)32(28-18-14-24(2)15-19-28)20-29(32)31(35)34-33-21-26-10-6-7-11-30(26)36-22-25-8-4-3-5-9-25/h3-19,21,29H,20,22H2,1-2H3,(H,34,35)/b33-21-/t29-/m1/s1. The minimum absolute atomic E-state index is 0.0740. The molecule has 1 N–H and O–H groups in total. The van der Waals surface area contributed by atoms with Gasteiger partial charge in [-0.1, -0.05) is 102 Å². The molecule has 4 heteroatoms. The summed E-state index contributed by atoms with van der Waals surface area (Å²) in [7, 11) is 0. The van der Waals surface area contributed by atoms with Crippen LogP contribution < -0.4 is 10.2 Å². The fraction of sp³-hybridized carbons (Fsp3) is 0.188. The van der Waals surface area contributed by atoms with Crippen molar-refractivity contribution in [3.63, 3.8) is 0 Å². The van der Waals surface area contributed by atoms with Gasteiger partial charge in [0, 0.05) is 11.0 Å². The summed E-state index contributed by atoms with van der Waals surface area (Å²) in [5.41, 5.74) is 9.12. The van der Waals surface area contributed by atoms with Crippen LogP contribution in [0.4, 0.5) is 0 Å². The van der Waals surface area contributed by atoms with Crippen molar-refractivity contribution in [2.24, 2.45) is 11.0 Å². The van der Waals surface area contributed by atoms with Gasteiger partial charge in [-0.15, -0.1) is 0 Å². The van der Waals surface area contributed by atoms with E-state index in [2.05, 4.69) is 72.9 Å². The molecule has 0 saturated heterocycles. The number of ether oxygens (including phenoxy) is 1. The van der Waals surface area contributed by atoms with Crippen molar-refractivity contribution >= 4 is 12.1 Å². The van der Waals surface area contributed by atoms with Crippen LogP contribution in [0.1, 0.15) is 39.8 Å². The van der Waals surface area contributed by atoms with E-state index >= 15 is 0 Å². The van der Waals surface area contributed by atoms with Gasteiger partial charge in [0.25, 0.3) is 0 Å². The van der Waals surface area contributed by atoms with Gasteiger partial charge in [-0.05, 0) is 49.1 Å². The van der Waals surface area contributed by atoms with Crippen molar-refractivity contribution in [2.75, 3.05) is 0 Å². The van der Waals surface area contributed by atoms with Crippen LogP contribution in [0, 0.1) is 19.8 Å². The van der Waals surface area contributed by atoms with Gasteiger partial charge in [0.05, 0.1) is 12.1 Å². The Kier molecular flexibility index (Phi) is 6.68. The predicted molar refractivity (Wildman–Crippen MR) is 144 cm³/mol. The molecule has 1 aliphatic carbocycles. The maximum absolute atomic E-state index is 13.2. The van der Waals surface area contributed by atoms with Crippen molar-refractivity contribution in [1.29, 1.82) is 0 Å². The van der Waals surface area contributed by atoms with E-state index < -0.39 is 0 Å². The quantitative estimate of drug-likeness (QED) is 0.239. The predicted octanol–water partition coefficient (Wildman–Crippen LogP) is 6.34. The Labute approximate surface area is 212 Å². The zero-order valence-corrected chi connectivity index (χ0v) is 20.6. The van der Waals surface area contributed by atoms with Gasteiger partial charge in [-0.25, -0.2) is 5.43 Å². The molecule has 4 aromatic rings. The van der Waals surface area contributed by atoms with Crippen molar-refractivity contribution in [3.05, 3.63) is 137 Å². The highest BCUT2D eigenvalue weighted by Gasteiger charge is 2.60. The molecule has 5 rings (SSSR count). The fourth-order valence-electron chi connectivity index (χ4n) is 4.78. The Morgan fingerprint density at radius 1 is 0.861 bits per heavy atom. The normalized spacial score (nSPS) is 16.0. The number of carbonyl (C=O) groups is 1. The number of carbonyl (C=O) groups excluding carboxylic acids is 1. The zero-order valence-electron chi connectivity index (χ0n) is 20.6. The van der Waals surface area contributed by atoms with Crippen molar-refractivity contribution < 1.29 is 9.53 Å². The molecule has 4 nitrogen and oxygen atoms in total. The summed E-state index contributed by atoms with van der Waals surface area (Å²) < 4.78 is 6.00. The topological polar surface area (TPSA) is 50.7 Å². The molecule has 1 atom stereocenters. The number of hydrazone groups is 1. The minimum Gasteiger partial charge on any atom is -0.488 e. The van der Waals surface area contributed by atoms with Crippen LogP contribution in [-0.4, -0.2) is 12.1 Å². The Morgan fingerprint density at radius 2 is 1.44 bits per heavy atom. The molecular formula is C32H30N2O2. The number of rotatable bonds is 8. The zero-order chi connectivity index (χ0) is 25.0. The minimum atomic E-state index is -0.322. The van der Waals surface area contributed by atoms with Gasteiger partial charge in [0.1, 0.15) is 12.4 Å². The third kappa shape index (κ3) is 4.94. The van der Waals surface area contributed by atoms with Crippen molar-refractivity contribution in [3.8, 4) is 5.75 Å². The van der Waals surface area contributed by atoms with Crippen LogP contribution >= 0.6 is 0 Å². The van der Waals surface area contributed by atoms with E-state index in [9.17, 15) is 4.79 Å². The number of aryl methyl sites for hydroxylation is 2. The maximum atomic E-state index is 13.2. The Morgan fingerprint density at radius 3 is 2.08 bits per heavy atom. The van der Waals surface area contributed by atoms with Crippen LogP contribution in [0.25, 0.3) is 0 Å². The molecule has 0 aromatic heterocycles. The molecule has 1 saturated carbocycles. The van der Waals surface area contributed by atoms with Crippen molar-refractivity contribution in [2.45, 2.75) is 32.3 Å². The van der Waals surface area contributed by atoms with Crippen molar-refractivity contribution in [1.82, 2.24) is 5.43 Å². The van der Waals surface area contributed by atoms with E-state index in [4.69, 9.17) is 4.74 Å². The smallest absolute Gasteiger partial charge is 0.244 e. The average molecular weight is 475 g/mol. The number of nitrogens with zero attached hydrogens (tertiary/aromatic N) is 1. The molecule has 1 aliphatic rings. The van der Waals surface area contributed by atoms with Crippen LogP contribution in [-0.2, 0) is 16.8 Å². The Hall–Kier alpha value is -4.18. The molecule has 0 radical (unpaired) electrons. The summed E-state index contributed by atoms with van der Waals surface area (Å²) in [6.45, 7) is 4.63. The second kappa shape index (κ2) is 10.2. The van der Waals surface area contributed by atoms with Crippen LogP contribution in [0.15, 0.2) is 108 Å². The largest absolute Gasteiger partial charge is 0.488 e. The van der Waals surface area contributed by atoms with E-state index in [1.807, 2.05) is 54.6 Å². The molecule has 180 valence electrons. The van der Waals surface area contributed by atoms with Crippen LogP contribution in [0.2, 0.25) is 0 Å². The van der Waals surface area contributed by atoms with E-state index in [0.29, 0.717) is 6.61 Å². The molecule has 4 aromatic carbocycles. The number of hydrogen-bond donors (Lipinski definition) is 1. The first-order valence-corrected chi connectivity index (χ1v) is 12.3. The van der Waals surface area contributed by atoms with Gasteiger partial charge in [-0.2, -0.15) is 5.10 Å². The molecule has 1 fully saturated rings. The third-order valence-corrected chi connectivity index (χ3v) is 6.95. The first kappa shape index (κ1) is 23.6. The lowest BCUT2D eigenvalue weighted by Gasteiger charge is -2.19. The Bertz CT molecular complexity index is 1310. The van der Waals surface area contributed by atoms with Gasteiger partial charge < -0.3 is 4.74 Å². The summed E-state index contributed by atoms with van der Waals surface area (Å²) in [6.07, 6.45) is 2.41. The summed E-state index contributed by atoms with van der Waals surface area (Å²) >= 11 is 0. The molecule has 0 unspecified atom stereocenters. The molecule has 0 bridgehead atoms. The summed E-state index contributed by atoms with van der Waals surface area (Å²) in [5.74, 6) is 0.471. The number of benzene rings is 4. The summed E-state index contributed by atoms with van der Waals surface area (Å²) in [5, 5.41) is 4.30. The number of hydrogen-bond acceptors (Lipinski definition) is 3. The molecule has 0 heterocycles.